The summed E-state index contributed by atoms with van der Waals surface area (Å²) >= 11 is 0. The van der Waals surface area contributed by atoms with Crippen LogP contribution in [0.1, 0.15) is 21.6 Å². The Balaban J connectivity index is 2.63. The molecule has 13 heavy (non-hydrogen) atoms. The molecule has 0 saturated heterocycles. The van der Waals surface area contributed by atoms with Crippen LogP contribution in [0, 0.1) is 6.92 Å². The van der Waals surface area contributed by atoms with Crippen LogP contribution in [0.25, 0.3) is 0 Å². The number of ether oxygens (including phenoxy) is 1. The summed E-state index contributed by atoms with van der Waals surface area (Å²) in [6.45, 7) is 2.30. The minimum atomic E-state index is -0.355. The van der Waals surface area contributed by atoms with E-state index in [0.29, 0.717) is 12.2 Å². The second-order valence-corrected chi connectivity index (χ2v) is 3.07. The largest absolute Gasteiger partial charge is 0.462 e. The first-order chi connectivity index (χ1) is 6.18. The molecule has 1 aromatic heterocycles. The number of hydrogen-bond donors (Lipinski definition) is 1. The summed E-state index contributed by atoms with van der Waals surface area (Å²) in [6.07, 6.45) is 0.731. The van der Waals surface area contributed by atoms with Gasteiger partial charge >= 0.3 is 5.97 Å². The number of nitrogens with two attached hydrogens (primary N) is 1. The molecule has 0 amide bonds. The lowest BCUT2D eigenvalue weighted by Gasteiger charge is -2.16. The first kappa shape index (κ1) is 8.04. The zero-order valence-electron chi connectivity index (χ0n) is 7.33. The molecule has 0 saturated carbocycles. The van der Waals surface area contributed by atoms with E-state index < -0.39 is 0 Å². The van der Waals surface area contributed by atoms with Gasteiger partial charge in [-0.1, -0.05) is 0 Å². The van der Waals surface area contributed by atoms with Crippen LogP contribution < -0.4 is 5.73 Å². The number of cyclic esters (lactones) is 1. The van der Waals surface area contributed by atoms with E-state index >= 15 is 0 Å². The number of nitrogens with zero attached hydrogens (tertiary/aromatic N) is 1. The molecule has 1 aromatic rings. The van der Waals surface area contributed by atoms with E-state index in [-0.39, 0.29) is 11.8 Å². The normalized spacial score (nSPS) is 15.0. The number of fused-ring (bicyclic) bond motifs is 1. The summed E-state index contributed by atoms with van der Waals surface area (Å²) in [6, 6.07) is 1.88. The smallest absolute Gasteiger partial charge is 0.342 e. The molecule has 2 rings (SSSR count). The van der Waals surface area contributed by atoms with Crippen molar-refractivity contribution in [3.63, 3.8) is 0 Å². The van der Waals surface area contributed by atoms with Gasteiger partial charge in [0.05, 0.1) is 6.61 Å². The molecule has 2 N–H and O–H groups in total. The van der Waals surface area contributed by atoms with E-state index in [1.54, 1.807) is 0 Å². The highest BCUT2D eigenvalue weighted by Crippen LogP contribution is 2.21. The molecular weight excluding hydrogens is 168 g/mol. The van der Waals surface area contributed by atoms with Crippen molar-refractivity contribution in [2.24, 2.45) is 0 Å². The van der Waals surface area contributed by atoms with Crippen molar-refractivity contribution in [2.75, 3.05) is 12.3 Å². The van der Waals surface area contributed by atoms with E-state index in [0.717, 1.165) is 17.7 Å². The average molecular weight is 178 g/mol. The van der Waals surface area contributed by atoms with Crippen molar-refractivity contribution >= 4 is 11.8 Å². The summed E-state index contributed by atoms with van der Waals surface area (Å²) < 4.78 is 4.87. The Morgan fingerprint density at radius 2 is 2.38 bits per heavy atom. The van der Waals surface area contributed by atoms with Crippen LogP contribution in [-0.4, -0.2) is 17.6 Å². The summed E-state index contributed by atoms with van der Waals surface area (Å²) in [5.41, 5.74) is 7.85. The van der Waals surface area contributed by atoms with Crippen molar-refractivity contribution in [3.05, 3.63) is 22.9 Å². The SMILES string of the molecule is Cc1cc2c(c(N)n1)C(=O)OCC2. The van der Waals surface area contributed by atoms with Crippen LogP contribution in [0.2, 0.25) is 0 Å². The molecule has 0 radical (unpaired) electrons. The van der Waals surface area contributed by atoms with Gasteiger partial charge in [-0.05, 0) is 18.6 Å². The monoisotopic (exact) mass is 178 g/mol. The molecule has 0 aromatic carbocycles. The fraction of sp³-hybridized carbons (Fsp3) is 0.333. The minimum Gasteiger partial charge on any atom is -0.462 e. The number of carbonyl (C=O) groups excluding carboxylic acids is 1. The van der Waals surface area contributed by atoms with Gasteiger partial charge in [0, 0.05) is 12.1 Å². The first-order valence-corrected chi connectivity index (χ1v) is 4.11. The molecule has 0 fully saturated rings. The zero-order valence-corrected chi connectivity index (χ0v) is 7.33. The van der Waals surface area contributed by atoms with Gasteiger partial charge in [-0.3, -0.25) is 0 Å². The highest BCUT2D eigenvalue weighted by Gasteiger charge is 2.22. The highest BCUT2D eigenvalue weighted by molar-refractivity contribution is 5.96. The Kier molecular flexibility index (Phi) is 1.69. The Bertz CT molecular complexity index is 374. The summed E-state index contributed by atoms with van der Waals surface area (Å²) in [4.78, 5) is 15.3. The van der Waals surface area contributed by atoms with Crippen molar-refractivity contribution in [1.29, 1.82) is 0 Å². The number of esters is 1. The van der Waals surface area contributed by atoms with Gasteiger partial charge in [-0.15, -0.1) is 0 Å². The van der Waals surface area contributed by atoms with Crippen molar-refractivity contribution in [1.82, 2.24) is 4.98 Å². The van der Waals surface area contributed by atoms with Crippen LogP contribution in [0.4, 0.5) is 5.82 Å². The third-order valence-electron chi connectivity index (χ3n) is 2.07. The first-order valence-electron chi connectivity index (χ1n) is 4.11. The molecule has 0 bridgehead atoms. The molecule has 1 aliphatic rings. The van der Waals surface area contributed by atoms with Gasteiger partial charge < -0.3 is 10.5 Å². The molecule has 0 aliphatic carbocycles. The second kappa shape index (κ2) is 2.73. The van der Waals surface area contributed by atoms with Crippen LogP contribution in [0.15, 0.2) is 6.07 Å². The maximum atomic E-state index is 11.3. The number of aromatic nitrogens is 1. The van der Waals surface area contributed by atoms with E-state index in [2.05, 4.69) is 4.98 Å². The van der Waals surface area contributed by atoms with Gasteiger partial charge in [0.15, 0.2) is 0 Å². The lowest BCUT2D eigenvalue weighted by molar-refractivity contribution is 0.0481. The van der Waals surface area contributed by atoms with E-state index in [4.69, 9.17) is 10.5 Å². The number of carbonyl (C=O) groups is 1. The lowest BCUT2D eigenvalue weighted by atomic mass is 10.0. The summed E-state index contributed by atoms with van der Waals surface area (Å²) in [7, 11) is 0. The van der Waals surface area contributed by atoms with Crippen LogP contribution in [-0.2, 0) is 11.2 Å². The van der Waals surface area contributed by atoms with Gasteiger partial charge in [0.25, 0.3) is 0 Å². The quantitative estimate of drug-likeness (QED) is 0.593. The predicted molar refractivity (Wildman–Crippen MR) is 47.4 cm³/mol. The number of rotatable bonds is 0. The summed E-state index contributed by atoms with van der Waals surface area (Å²) in [5.74, 6) is -0.0778. The van der Waals surface area contributed by atoms with Gasteiger partial charge in [0.1, 0.15) is 11.4 Å². The Morgan fingerprint density at radius 1 is 1.62 bits per heavy atom. The Labute approximate surface area is 75.7 Å². The maximum absolute atomic E-state index is 11.3. The maximum Gasteiger partial charge on any atom is 0.342 e. The zero-order chi connectivity index (χ0) is 9.42. The van der Waals surface area contributed by atoms with Crippen LogP contribution in [0.3, 0.4) is 0 Å². The predicted octanol–water partition coefficient (Wildman–Crippen LogP) is 0.685. The van der Waals surface area contributed by atoms with E-state index in [1.165, 1.54) is 0 Å². The molecular formula is C9H10N2O2. The molecule has 0 spiro atoms. The van der Waals surface area contributed by atoms with Crippen LogP contribution in [0.5, 0.6) is 0 Å². The molecule has 0 unspecified atom stereocenters. The van der Waals surface area contributed by atoms with Gasteiger partial charge in [-0.2, -0.15) is 0 Å². The van der Waals surface area contributed by atoms with Gasteiger partial charge in [-0.25, -0.2) is 9.78 Å². The second-order valence-electron chi connectivity index (χ2n) is 3.07. The van der Waals surface area contributed by atoms with Crippen LogP contribution >= 0.6 is 0 Å². The highest BCUT2D eigenvalue weighted by atomic mass is 16.5. The lowest BCUT2D eigenvalue weighted by Crippen LogP contribution is -2.20. The molecule has 68 valence electrons. The number of pyridine rings is 1. The molecule has 0 atom stereocenters. The van der Waals surface area contributed by atoms with Crippen molar-refractivity contribution in [3.8, 4) is 0 Å². The molecule has 2 heterocycles. The molecule has 4 nitrogen and oxygen atoms in total. The Hall–Kier alpha value is -1.58. The Morgan fingerprint density at radius 3 is 3.15 bits per heavy atom. The number of aryl methyl sites for hydroxylation is 1. The fourth-order valence-corrected chi connectivity index (χ4v) is 1.53. The minimum absolute atomic E-state index is 0.278. The molecule has 1 aliphatic heterocycles. The van der Waals surface area contributed by atoms with Gasteiger partial charge in [0.2, 0.25) is 0 Å². The van der Waals surface area contributed by atoms with E-state index in [1.807, 2.05) is 13.0 Å². The third kappa shape index (κ3) is 1.24. The summed E-state index contributed by atoms with van der Waals surface area (Å²) in [5, 5.41) is 0. The number of hydrogen-bond acceptors (Lipinski definition) is 4. The standard InChI is InChI=1S/C9H10N2O2/c1-5-4-6-2-3-13-9(12)7(6)8(10)11-5/h4H,2-3H2,1H3,(H2,10,11). The van der Waals surface area contributed by atoms with Crippen molar-refractivity contribution < 1.29 is 9.53 Å². The number of nitrogen functional groups attached to an aromatic ring is 1. The topological polar surface area (TPSA) is 65.2 Å². The fourth-order valence-electron chi connectivity index (χ4n) is 1.53. The van der Waals surface area contributed by atoms with E-state index in [9.17, 15) is 4.79 Å². The molecule has 4 heteroatoms. The number of anilines is 1. The average Bonchev–Trinajstić information content (AvgIpc) is 2.02. The third-order valence-corrected chi connectivity index (χ3v) is 2.07. The van der Waals surface area contributed by atoms with Crippen molar-refractivity contribution in [2.45, 2.75) is 13.3 Å².